The third kappa shape index (κ3) is 15.4. The van der Waals surface area contributed by atoms with Crippen LogP contribution in [-0.2, 0) is 0 Å². The van der Waals surface area contributed by atoms with Gasteiger partial charge in [0.15, 0.2) is 0 Å². The third-order valence-electron chi connectivity index (χ3n) is 14.3. The molecular formula is C58H72N10O12. The Morgan fingerprint density at radius 2 is 0.487 bits per heavy atom. The van der Waals surface area contributed by atoms with E-state index in [1.54, 1.807) is 72.8 Å². The van der Waals surface area contributed by atoms with E-state index in [0.29, 0.717) is 38.8 Å². The van der Waals surface area contributed by atoms with Crippen LogP contribution >= 0.6 is 0 Å². The average Bonchev–Trinajstić information content (AvgIpc) is 3.47. The molecule has 0 saturated heterocycles. The second-order valence-corrected chi connectivity index (χ2v) is 19.3. The molecule has 8 N–H and O–H groups in total. The summed E-state index contributed by atoms with van der Waals surface area (Å²) in [5, 5.41) is 23.8. The first-order valence-corrected chi connectivity index (χ1v) is 26.9. The van der Waals surface area contributed by atoms with E-state index in [1.807, 2.05) is 22.0 Å². The summed E-state index contributed by atoms with van der Waals surface area (Å²) in [6.07, 6.45) is 5.53. The number of carbonyl (C=O) groups excluding carboxylic acids is 8. The molecule has 4 heterocycles. The minimum atomic E-state index is -0.478. The number of amides is 8. The standard InChI is InChI=1S/C58H72N10O12/c1-77-47-39-9-5-13-43(47)55(73)63-27-31-67-32-28-64-56(74)44-14-7-11-41(49(44)79-3)53(71)61-25-21-38-18-17-37(19-23-59-51(39)69)20-24-60-52(70)40-10-6-15-45(48(40)78-2)57(75)65-29-33-68(36-35-67)34-30-66-58(76)46-16-8-12-42(50(46)80-4)54(72)62-26-22-38/h5-18,37-38H,19-36H2,1-4H3,(H,59,69)(H,60,70)(H,61,71)(H,62,72)(H,63,73)(H,64,74)(H,65,75)(H,66,76)/b18-17+. The Kier molecular flexibility index (Phi) is 21.8. The first-order chi connectivity index (χ1) is 38.8. The monoisotopic (exact) mass is 1100 g/mol. The number of ether oxygens (including phenoxy) is 4. The van der Waals surface area contributed by atoms with Gasteiger partial charge in [0.2, 0.25) is 0 Å². The van der Waals surface area contributed by atoms with Crippen molar-refractivity contribution < 1.29 is 57.3 Å². The van der Waals surface area contributed by atoms with Gasteiger partial charge < -0.3 is 61.5 Å². The van der Waals surface area contributed by atoms with Gasteiger partial charge in [0.05, 0.1) is 72.9 Å². The fourth-order valence-corrected chi connectivity index (χ4v) is 9.96. The molecule has 0 fully saturated rings. The summed E-state index contributed by atoms with van der Waals surface area (Å²) in [6.45, 7) is 3.10. The van der Waals surface area contributed by atoms with E-state index in [2.05, 4.69) is 42.5 Å². The Labute approximate surface area is 465 Å². The Hall–Kier alpha value is -8.50. The van der Waals surface area contributed by atoms with E-state index in [1.165, 1.54) is 28.4 Å². The Morgan fingerprint density at radius 3 is 0.675 bits per heavy atom. The van der Waals surface area contributed by atoms with Gasteiger partial charge >= 0.3 is 0 Å². The van der Waals surface area contributed by atoms with Crippen molar-refractivity contribution in [2.75, 3.05) is 120 Å². The minimum absolute atomic E-state index is 0.0946. The van der Waals surface area contributed by atoms with Crippen molar-refractivity contribution in [2.45, 2.75) is 25.7 Å². The summed E-state index contributed by atoms with van der Waals surface area (Å²) in [5.74, 6) is -3.96. The number of methoxy groups -OCH3 is 4. The number of allylic oxidation sites excluding steroid dienone is 2. The lowest BCUT2D eigenvalue weighted by Crippen LogP contribution is -2.46. The number of nitrogens with one attached hydrogen (secondary N) is 8. The highest BCUT2D eigenvalue weighted by atomic mass is 16.5. The van der Waals surface area contributed by atoms with Crippen LogP contribution in [0.1, 0.15) is 109 Å². The van der Waals surface area contributed by atoms with Crippen LogP contribution < -0.4 is 61.5 Å². The Morgan fingerprint density at radius 1 is 0.300 bits per heavy atom. The van der Waals surface area contributed by atoms with Gasteiger partial charge in [-0.15, -0.1) is 0 Å². The molecule has 4 aliphatic rings. The molecule has 4 aromatic carbocycles. The smallest absolute Gasteiger partial charge is 0.255 e. The van der Waals surface area contributed by atoms with Gasteiger partial charge in [-0.3, -0.25) is 48.2 Å². The van der Waals surface area contributed by atoms with Crippen molar-refractivity contribution in [1.29, 1.82) is 0 Å². The van der Waals surface area contributed by atoms with E-state index in [4.69, 9.17) is 18.9 Å². The van der Waals surface area contributed by atoms with E-state index >= 15 is 0 Å². The van der Waals surface area contributed by atoms with Crippen LogP contribution in [0, 0.1) is 11.8 Å². The maximum absolute atomic E-state index is 14.0. The van der Waals surface area contributed by atoms with Gasteiger partial charge in [-0.25, -0.2) is 0 Å². The van der Waals surface area contributed by atoms with Crippen LogP contribution in [0.5, 0.6) is 23.0 Å². The fraction of sp³-hybridized carbons (Fsp3) is 0.414. The number of benzene rings is 4. The van der Waals surface area contributed by atoms with Gasteiger partial charge in [-0.2, -0.15) is 0 Å². The lowest BCUT2D eigenvalue weighted by molar-refractivity contribution is 0.0915. The molecule has 22 nitrogen and oxygen atoms in total. The van der Waals surface area contributed by atoms with Crippen LogP contribution in [0.4, 0.5) is 0 Å². The molecule has 0 aromatic heterocycles. The van der Waals surface area contributed by atoms with Gasteiger partial charge in [-0.05, 0) is 86.1 Å². The SMILES string of the molecule is COc1c2cccc1C(=O)NCCN1CCNC(=O)c3cccc(c3OC)C(=O)NCCC3/C=C/C(CCNC2=O)CCNC(=O)c2cccc(c2OC)C(=O)NCCN(CCNC(=O)c2cccc(c2OC)C(=O)NCC3)CC1. The molecule has 0 spiro atoms. The highest BCUT2D eigenvalue weighted by Crippen LogP contribution is 2.28. The molecule has 0 radical (unpaired) electrons. The summed E-state index contributed by atoms with van der Waals surface area (Å²) in [4.78, 5) is 116. The first kappa shape index (κ1) is 59.2. The summed E-state index contributed by atoms with van der Waals surface area (Å²) >= 11 is 0. The van der Waals surface area contributed by atoms with Crippen LogP contribution in [-0.4, -0.2) is 177 Å². The largest absolute Gasteiger partial charge is 0.495 e. The van der Waals surface area contributed by atoms with Gasteiger partial charge in [0, 0.05) is 91.6 Å². The molecule has 12 bridgehead atoms. The maximum atomic E-state index is 14.0. The van der Waals surface area contributed by atoms with Crippen LogP contribution in [0.2, 0.25) is 0 Å². The second kappa shape index (κ2) is 29.5. The zero-order valence-corrected chi connectivity index (χ0v) is 45.8. The molecule has 8 rings (SSSR count). The summed E-state index contributed by atoms with van der Waals surface area (Å²) in [7, 11) is 5.57. The number of hydrogen-bond donors (Lipinski definition) is 8. The highest BCUT2D eigenvalue weighted by molar-refractivity contribution is 6.07. The number of nitrogens with zero attached hydrogens (tertiary/aromatic N) is 2. The molecule has 8 amide bonds. The van der Waals surface area contributed by atoms with Gasteiger partial charge in [0.1, 0.15) is 23.0 Å². The topological polar surface area (TPSA) is 276 Å². The van der Waals surface area contributed by atoms with Gasteiger partial charge in [0.25, 0.3) is 47.3 Å². The quantitative estimate of drug-likeness (QED) is 0.137. The minimum Gasteiger partial charge on any atom is -0.495 e. The van der Waals surface area contributed by atoms with Crippen molar-refractivity contribution in [3.63, 3.8) is 0 Å². The molecule has 4 aliphatic heterocycles. The summed E-state index contributed by atoms with van der Waals surface area (Å²) in [5.41, 5.74) is 1.22. The lowest BCUT2D eigenvalue weighted by Gasteiger charge is -2.28. The summed E-state index contributed by atoms with van der Waals surface area (Å²) < 4.78 is 22.9. The predicted octanol–water partition coefficient (Wildman–Crippen LogP) is 2.65. The molecule has 4 aromatic rings. The van der Waals surface area contributed by atoms with Crippen molar-refractivity contribution in [2.24, 2.45) is 11.8 Å². The van der Waals surface area contributed by atoms with Crippen molar-refractivity contribution in [1.82, 2.24) is 52.3 Å². The number of carbonyl (C=O) groups is 8. The zero-order valence-electron chi connectivity index (χ0n) is 45.8. The normalized spacial score (nSPS) is 21.4. The third-order valence-corrected chi connectivity index (χ3v) is 14.3. The number of hydrogen-bond acceptors (Lipinski definition) is 14. The molecular weight excluding hydrogens is 1030 g/mol. The van der Waals surface area contributed by atoms with Crippen molar-refractivity contribution in [3.8, 4) is 23.0 Å². The van der Waals surface area contributed by atoms with Crippen LogP contribution in [0.25, 0.3) is 0 Å². The number of rotatable bonds is 4. The number of para-hydroxylation sites is 4. The predicted molar refractivity (Wildman–Crippen MR) is 298 cm³/mol. The molecule has 80 heavy (non-hydrogen) atoms. The molecule has 0 saturated carbocycles. The van der Waals surface area contributed by atoms with Crippen LogP contribution in [0.3, 0.4) is 0 Å². The fourth-order valence-electron chi connectivity index (χ4n) is 9.96. The lowest BCUT2D eigenvalue weighted by atomic mass is 9.94. The Balaban J connectivity index is 1.35. The van der Waals surface area contributed by atoms with E-state index in [-0.39, 0.29) is 158 Å². The molecule has 22 heteroatoms. The zero-order chi connectivity index (χ0) is 57.0. The van der Waals surface area contributed by atoms with E-state index in [9.17, 15) is 38.4 Å². The van der Waals surface area contributed by atoms with Gasteiger partial charge in [-0.1, -0.05) is 36.4 Å². The molecule has 0 aliphatic carbocycles. The second-order valence-electron chi connectivity index (χ2n) is 19.3. The van der Waals surface area contributed by atoms with Crippen molar-refractivity contribution >= 4 is 47.3 Å². The average molecular weight is 1100 g/mol. The Bertz CT molecular complexity index is 2560. The molecule has 0 unspecified atom stereocenters. The first-order valence-electron chi connectivity index (χ1n) is 26.9. The summed E-state index contributed by atoms with van der Waals surface area (Å²) in [6, 6.07) is 19.1. The van der Waals surface area contributed by atoms with E-state index < -0.39 is 47.3 Å². The molecule has 426 valence electrons. The van der Waals surface area contributed by atoms with Crippen molar-refractivity contribution in [3.05, 3.63) is 129 Å². The highest BCUT2D eigenvalue weighted by Gasteiger charge is 2.26. The van der Waals surface area contributed by atoms with E-state index in [0.717, 1.165) is 0 Å². The van der Waals surface area contributed by atoms with Crippen LogP contribution in [0.15, 0.2) is 84.9 Å². The maximum Gasteiger partial charge on any atom is 0.255 e. The molecule has 0 atom stereocenters. The number of fused-ring (bicyclic) bond motifs is 25.